The number of hydrogen-bond donors (Lipinski definition) is 0. The first-order valence-electron chi connectivity index (χ1n) is 10.9. The second-order valence-corrected chi connectivity index (χ2v) is 7.96. The number of nitrogens with zero attached hydrogens (tertiary/aromatic N) is 6. The minimum atomic E-state index is -0.146. The molecule has 2 atom stereocenters. The predicted octanol–water partition coefficient (Wildman–Crippen LogP) is 1.76. The summed E-state index contributed by atoms with van der Waals surface area (Å²) in [5.74, 6) is 2.22. The Kier molecular flexibility index (Phi) is 7.16. The quantitative estimate of drug-likeness (QED) is 0.559. The van der Waals surface area contributed by atoms with E-state index in [1.165, 1.54) is 0 Å². The van der Waals surface area contributed by atoms with E-state index < -0.39 is 0 Å². The first-order chi connectivity index (χ1) is 15.2. The van der Waals surface area contributed by atoms with Gasteiger partial charge < -0.3 is 14.2 Å². The summed E-state index contributed by atoms with van der Waals surface area (Å²) in [5, 5.41) is 12.8. The Morgan fingerprint density at radius 2 is 2.06 bits per heavy atom. The van der Waals surface area contributed by atoms with Gasteiger partial charge >= 0.3 is 0 Å². The average Bonchev–Trinajstić information content (AvgIpc) is 3.48. The highest BCUT2D eigenvalue weighted by Crippen LogP contribution is 2.39. The lowest BCUT2D eigenvalue weighted by atomic mass is 10.0. The zero-order valence-electron chi connectivity index (χ0n) is 18.4. The van der Waals surface area contributed by atoms with Crippen molar-refractivity contribution in [3.05, 3.63) is 42.2 Å². The van der Waals surface area contributed by atoms with Crippen molar-refractivity contribution in [2.24, 2.45) is 0 Å². The van der Waals surface area contributed by atoms with Gasteiger partial charge in [-0.1, -0.05) is 18.2 Å². The van der Waals surface area contributed by atoms with Crippen LogP contribution in [0.15, 0.2) is 30.9 Å². The van der Waals surface area contributed by atoms with Crippen molar-refractivity contribution in [3.63, 3.8) is 0 Å². The summed E-state index contributed by atoms with van der Waals surface area (Å²) in [4.78, 5) is 4.83. The number of benzene rings is 1. The molecule has 2 aromatic rings. The third kappa shape index (κ3) is 4.73. The van der Waals surface area contributed by atoms with E-state index >= 15 is 0 Å². The molecule has 0 N–H and O–H groups in total. The second kappa shape index (κ2) is 10.2. The van der Waals surface area contributed by atoms with Gasteiger partial charge in [-0.05, 0) is 29.3 Å². The number of piperazine rings is 1. The van der Waals surface area contributed by atoms with Crippen molar-refractivity contribution < 1.29 is 14.2 Å². The minimum Gasteiger partial charge on any atom is -0.493 e. The maximum Gasteiger partial charge on any atom is 0.173 e. The van der Waals surface area contributed by atoms with Gasteiger partial charge in [-0.15, -0.1) is 11.7 Å². The molecule has 9 nitrogen and oxygen atoms in total. The summed E-state index contributed by atoms with van der Waals surface area (Å²) in [6.07, 6.45) is 4.23. The van der Waals surface area contributed by atoms with E-state index in [9.17, 15) is 0 Å². The predicted molar refractivity (Wildman–Crippen MR) is 116 cm³/mol. The molecule has 4 rings (SSSR count). The molecule has 1 aromatic heterocycles. The van der Waals surface area contributed by atoms with Crippen LogP contribution in [-0.4, -0.2) is 89.7 Å². The summed E-state index contributed by atoms with van der Waals surface area (Å²) in [7, 11) is 3.34. The van der Waals surface area contributed by atoms with Crippen LogP contribution in [0.25, 0.3) is 0 Å². The van der Waals surface area contributed by atoms with Crippen LogP contribution in [0, 0.1) is 0 Å². The summed E-state index contributed by atoms with van der Waals surface area (Å²) in [6.45, 7) is 9.94. The number of para-hydroxylation sites is 1. The molecule has 0 bridgehead atoms. The smallest absolute Gasteiger partial charge is 0.173 e. The maximum atomic E-state index is 5.84. The Balaban J connectivity index is 1.69. The maximum absolute atomic E-state index is 5.84. The number of aromatic nitrogens is 4. The number of methoxy groups -OCH3 is 2. The normalized spacial score (nSPS) is 21.2. The molecule has 0 spiro atoms. The van der Waals surface area contributed by atoms with Gasteiger partial charge in [-0.3, -0.25) is 9.80 Å². The van der Waals surface area contributed by atoms with Crippen molar-refractivity contribution in [1.82, 2.24) is 30.0 Å². The first-order valence-corrected chi connectivity index (χ1v) is 10.9. The van der Waals surface area contributed by atoms with Crippen molar-refractivity contribution >= 4 is 0 Å². The molecule has 2 aliphatic heterocycles. The first kappa shape index (κ1) is 21.7. The highest BCUT2D eigenvalue weighted by atomic mass is 16.5. The highest BCUT2D eigenvalue weighted by molar-refractivity contribution is 5.49. The fraction of sp³-hybridized carbons (Fsp3) is 0.591. The fourth-order valence-electron chi connectivity index (χ4n) is 4.53. The summed E-state index contributed by atoms with van der Waals surface area (Å²) in [6, 6.07) is 5.84. The molecule has 0 amide bonds. The van der Waals surface area contributed by atoms with E-state index in [0.717, 1.165) is 69.3 Å². The van der Waals surface area contributed by atoms with Crippen molar-refractivity contribution in [2.75, 3.05) is 53.6 Å². The van der Waals surface area contributed by atoms with Crippen molar-refractivity contribution in [2.45, 2.75) is 31.5 Å². The summed E-state index contributed by atoms with van der Waals surface area (Å²) < 4.78 is 19.1. The van der Waals surface area contributed by atoms with Crippen LogP contribution >= 0.6 is 0 Å². The third-order valence-corrected chi connectivity index (χ3v) is 6.09. The molecule has 0 aliphatic carbocycles. The Morgan fingerprint density at radius 1 is 1.23 bits per heavy atom. The van der Waals surface area contributed by atoms with Crippen LogP contribution in [0.4, 0.5) is 0 Å². The van der Waals surface area contributed by atoms with Crippen LogP contribution in [0.5, 0.6) is 11.5 Å². The van der Waals surface area contributed by atoms with Gasteiger partial charge in [0.15, 0.2) is 17.3 Å². The largest absolute Gasteiger partial charge is 0.493 e. The third-order valence-electron chi connectivity index (χ3n) is 6.09. The number of ether oxygens (including phenoxy) is 3. The molecule has 0 radical (unpaired) electrons. The van der Waals surface area contributed by atoms with E-state index in [1.54, 1.807) is 14.2 Å². The van der Waals surface area contributed by atoms with Crippen LogP contribution in [0.3, 0.4) is 0 Å². The van der Waals surface area contributed by atoms with Crippen LogP contribution in [-0.2, 0) is 11.3 Å². The van der Waals surface area contributed by atoms with Crippen molar-refractivity contribution in [1.29, 1.82) is 0 Å². The zero-order chi connectivity index (χ0) is 21.6. The summed E-state index contributed by atoms with van der Waals surface area (Å²) in [5.41, 5.74) is 1.00. The van der Waals surface area contributed by atoms with E-state index in [0.29, 0.717) is 12.3 Å². The summed E-state index contributed by atoms with van der Waals surface area (Å²) >= 11 is 0. The molecule has 0 saturated carbocycles. The van der Waals surface area contributed by atoms with Gasteiger partial charge in [-0.2, -0.15) is 0 Å². The van der Waals surface area contributed by atoms with Crippen molar-refractivity contribution in [3.8, 4) is 11.5 Å². The molecular formula is C22H32N6O3. The second-order valence-electron chi connectivity index (χ2n) is 7.96. The lowest BCUT2D eigenvalue weighted by molar-refractivity contribution is 0.0865. The fourth-order valence-corrected chi connectivity index (χ4v) is 4.53. The Hall–Kier alpha value is -2.49. The van der Waals surface area contributed by atoms with E-state index in [-0.39, 0.29) is 12.1 Å². The molecule has 3 heterocycles. The number of hydrogen-bond acceptors (Lipinski definition) is 8. The Bertz CT molecular complexity index is 859. The molecule has 2 aliphatic rings. The standard InChI is InChI=1S/C22H32N6O3/c1-4-10-26-11-13-27(14-12-26)20(18-8-5-9-19(29-2)21(18)30-3)22-23-24-25-28(22)16-17-7-6-15-31-17/h4-5,8-9,17,20H,1,6-7,10-16H2,2-3H3/t17-,20+/m0/s1. The molecular weight excluding hydrogens is 396 g/mol. The van der Waals surface area contributed by atoms with Gasteiger partial charge in [0.25, 0.3) is 0 Å². The van der Waals surface area contributed by atoms with E-state index in [2.05, 4.69) is 38.0 Å². The van der Waals surface area contributed by atoms with Gasteiger partial charge in [0, 0.05) is 44.9 Å². The number of tetrazole rings is 1. The lowest BCUT2D eigenvalue weighted by Crippen LogP contribution is -2.48. The van der Waals surface area contributed by atoms with Gasteiger partial charge in [-0.25, -0.2) is 4.68 Å². The molecule has 2 fully saturated rings. The highest BCUT2D eigenvalue weighted by Gasteiger charge is 2.34. The lowest BCUT2D eigenvalue weighted by Gasteiger charge is -2.39. The average molecular weight is 429 g/mol. The zero-order valence-corrected chi connectivity index (χ0v) is 18.4. The Morgan fingerprint density at radius 3 is 2.74 bits per heavy atom. The molecule has 1 aromatic carbocycles. The SMILES string of the molecule is C=CCN1CCN([C@H](c2cccc(OC)c2OC)c2nnnn2C[C@@H]2CCCO2)CC1. The molecule has 2 saturated heterocycles. The monoisotopic (exact) mass is 428 g/mol. The van der Waals surface area contributed by atoms with Crippen LogP contribution in [0.1, 0.15) is 30.3 Å². The van der Waals surface area contributed by atoms with E-state index in [1.807, 2.05) is 22.9 Å². The molecule has 31 heavy (non-hydrogen) atoms. The van der Waals surface area contributed by atoms with Gasteiger partial charge in [0.05, 0.1) is 26.9 Å². The van der Waals surface area contributed by atoms with Crippen LogP contribution < -0.4 is 9.47 Å². The topological polar surface area (TPSA) is 77.8 Å². The van der Waals surface area contributed by atoms with Gasteiger partial charge in [0.2, 0.25) is 0 Å². The molecule has 0 unspecified atom stereocenters. The Labute approximate surface area is 183 Å². The molecule has 9 heteroatoms. The molecule has 168 valence electrons. The van der Waals surface area contributed by atoms with Gasteiger partial charge in [0.1, 0.15) is 6.04 Å². The number of rotatable bonds is 9. The van der Waals surface area contributed by atoms with E-state index in [4.69, 9.17) is 14.2 Å². The van der Waals surface area contributed by atoms with Crippen LogP contribution in [0.2, 0.25) is 0 Å². The minimum absolute atomic E-state index is 0.146.